The Morgan fingerprint density at radius 1 is 1.00 bits per heavy atom. The molecule has 0 bridgehead atoms. The summed E-state index contributed by atoms with van der Waals surface area (Å²) in [6.45, 7) is 8.22. The molecule has 2 heterocycles. The van der Waals surface area contributed by atoms with Crippen molar-refractivity contribution < 1.29 is 9.59 Å². The van der Waals surface area contributed by atoms with Crippen molar-refractivity contribution in [1.29, 1.82) is 0 Å². The van der Waals surface area contributed by atoms with Crippen LogP contribution in [-0.2, 0) is 11.3 Å². The van der Waals surface area contributed by atoms with Gasteiger partial charge in [0.25, 0.3) is 5.91 Å². The predicted molar refractivity (Wildman–Crippen MR) is 123 cm³/mol. The van der Waals surface area contributed by atoms with E-state index < -0.39 is 6.03 Å². The molecule has 1 aromatic heterocycles. The third kappa shape index (κ3) is 3.89. The van der Waals surface area contributed by atoms with Crippen LogP contribution in [0.2, 0.25) is 5.02 Å². The number of carbonyl (C=O) groups is 2. The van der Waals surface area contributed by atoms with Crippen LogP contribution in [0, 0.1) is 27.7 Å². The third-order valence-corrected chi connectivity index (χ3v) is 6.08. The molecule has 1 fully saturated rings. The minimum atomic E-state index is -0.406. The second-order valence-corrected chi connectivity index (χ2v) is 8.32. The zero-order valence-corrected chi connectivity index (χ0v) is 18.7. The quantitative estimate of drug-likeness (QED) is 0.439. The molecular formula is C25H24ClN3O2. The van der Waals surface area contributed by atoms with Crippen molar-refractivity contribution in [3.8, 4) is 5.69 Å². The van der Waals surface area contributed by atoms with Crippen LogP contribution in [0.5, 0.6) is 0 Å². The van der Waals surface area contributed by atoms with E-state index in [2.05, 4.69) is 9.88 Å². The molecule has 3 amide bonds. The van der Waals surface area contributed by atoms with Gasteiger partial charge in [-0.25, -0.2) is 4.79 Å². The molecule has 0 unspecified atom stereocenters. The number of aryl methyl sites for hydroxylation is 2. The van der Waals surface area contributed by atoms with Gasteiger partial charge in [-0.3, -0.25) is 9.69 Å². The smallest absolute Gasteiger partial charge is 0.318 e. The molecule has 1 N–H and O–H groups in total. The number of aromatic nitrogens is 1. The van der Waals surface area contributed by atoms with Crippen LogP contribution >= 0.6 is 11.6 Å². The lowest BCUT2D eigenvalue weighted by molar-refractivity contribution is -0.123. The van der Waals surface area contributed by atoms with Crippen LogP contribution in [-0.4, -0.2) is 21.4 Å². The molecule has 31 heavy (non-hydrogen) atoms. The molecule has 1 saturated heterocycles. The number of imide groups is 1. The summed E-state index contributed by atoms with van der Waals surface area (Å²) in [7, 11) is 0. The Labute approximate surface area is 186 Å². The highest BCUT2D eigenvalue weighted by atomic mass is 35.5. The molecule has 0 spiro atoms. The average molecular weight is 434 g/mol. The number of halogens is 1. The molecule has 0 radical (unpaired) electrons. The lowest BCUT2D eigenvalue weighted by Gasteiger charge is -2.13. The first-order valence-corrected chi connectivity index (χ1v) is 10.5. The van der Waals surface area contributed by atoms with Gasteiger partial charge in [0.05, 0.1) is 6.54 Å². The van der Waals surface area contributed by atoms with Gasteiger partial charge in [0.15, 0.2) is 0 Å². The fourth-order valence-corrected chi connectivity index (χ4v) is 4.06. The molecule has 5 nitrogen and oxygen atoms in total. The summed E-state index contributed by atoms with van der Waals surface area (Å²) < 4.78 is 2.11. The monoisotopic (exact) mass is 433 g/mol. The summed E-state index contributed by atoms with van der Waals surface area (Å²) >= 11 is 6.32. The molecule has 1 aliphatic rings. The van der Waals surface area contributed by atoms with Crippen molar-refractivity contribution in [3.63, 3.8) is 0 Å². The van der Waals surface area contributed by atoms with E-state index in [-0.39, 0.29) is 18.1 Å². The summed E-state index contributed by atoms with van der Waals surface area (Å²) in [6.07, 6.45) is 1.74. The molecule has 3 aromatic rings. The van der Waals surface area contributed by atoms with Gasteiger partial charge in [0.2, 0.25) is 0 Å². The Hall–Kier alpha value is -3.31. The molecular weight excluding hydrogens is 410 g/mol. The second-order valence-electron chi connectivity index (χ2n) is 7.91. The minimum absolute atomic E-state index is 0.239. The van der Waals surface area contributed by atoms with Gasteiger partial charge in [0.1, 0.15) is 5.70 Å². The van der Waals surface area contributed by atoms with E-state index in [9.17, 15) is 9.59 Å². The molecule has 4 rings (SSSR count). The van der Waals surface area contributed by atoms with Crippen molar-refractivity contribution in [1.82, 2.24) is 14.8 Å². The first-order chi connectivity index (χ1) is 14.8. The molecule has 2 aromatic carbocycles. The van der Waals surface area contributed by atoms with Crippen molar-refractivity contribution in [3.05, 3.63) is 92.9 Å². The van der Waals surface area contributed by atoms with Crippen molar-refractivity contribution >= 4 is 29.6 Å². The first kappa shape index (κ1) is 20.9. The normalized spacial score (nSPS) is 15.1. The van der Waals surface area contributed by atoms with Gasteiger partial charge in [-0.1, -0.05) is 47.5 Å². The Kier molecular flexibility index (Phi) is 5.46. The fraction of sp³-hybridized carbons (Fsp3) is 0.200. The number of rotatable bonds is 4. The summed E-state index contributed by atoms with van der Waals surface area (Å²) in [5.74, 6) is -0.325. The van der Waals surface area contributed by atoms with Gasteiger partial charge >= 0.3 is 6.03 Å². The summed E-state index contributed by atoms with van der Waals surface area (Å²) in [6, 6.07) is 15.2. The number of carbonyl (C=O) groups excluding carboxylic acids is 2. The van der Waals surface area contributed by atoms with Crippen LogP contribution < -0.4 is 5.32 Å². The maximum absolute atomic E-state index is 12.9. The summed E-state index contributed by atoms with van der Waals surface area (Å²) in [5.41, 5.74) is 7.15. The van der Waals surface area contributed by atoms with E-state index in [1.165, 1.54) is 4.90 Å². The molecule has 1 aliphatic heterocycles. The lowest BCUT2D eigenvalue weighted by Crippen LogP contribution is -2.30. The summed E-state index contributed by atoms with van der Waals surface area (Å²) in [4.78, 5) is 26.6. The third-order valence-electron chi connectivity index (χ3n) is 5.67. The zero-order valence-electron chi connectivity index (χ0n) is 18.0. The van der Waals surface area contributed by atoms with Crippen LogP contribution in [0.15, 0.2) is 54.2 Å². The van der Waals surface area contributed by atoms with Crippen LogP contribution in [0.3, 0.4) is 0 Å². The van der Waals surface area contributed by atoms with Crippen LogP contribution in [0.1, 0.15) is 33.6 Å². The Morgan fingerprint density at radius 2 is 1.71 bits per heavy atom. The second kappa shape index (κ2) is 8.08. The molecule has 6 heteroatoms. The lowest BCUT2D eigenvalue weighted by atomic mass is 10.1. The largest absolute Gasteiger partial charge is 0.329 e. The Bertz CT molecular complexity index is 1220. The highest BCUT2D eigenvalue weighted by Gasteiger charge is 2.33. The van der Waals surface area contributed by atoms with E-state index in [1.54, 1.807) is 6.08 Å². The highest BCUT2D eigenvalue weighted by Crippen LogP contribution is 2.28. The average Bonchev–Trinajstić information content (AvgIpc) is 3.15. The van der Waals surface area contributed by atoms with E-state index in [4.69, 9.17) is 11.6 Å². The first-order valence-electron chi connectivity index (χ1n) is 10.1. The Morgan fingerprint density at radius 3 is 2.42 bits per heavy atom. The van der Waals surface area contributed by atoms with Crippen molar-refractivity contribution in [2.24, 2.45) is 0 Å². The minimum Gasteiger partial charge on any atom is -0.318 e. The van der Waals surface area contributed by atoms with E-state index >= 15 is 0 Å². The number of hydrogen-bond acceptors (Lipinski definition) is 2. The van der Waals surface area contributed by atoms with Gasteiger partial charge < -0.3 is 9.88 Å². The number of urea groups is 1. The SMILES string of the molecule is Cc1ccc(CN2C(=O)N/C(=C/c3cc(C)n(-c4cccc(Cl)c4C)c3C)C2=O)cc1. The van der Waals surface area contributed by atoms with Gasteiger partial charge in [0, 0.05) is 22.1 Å². The summed E-state index contributed by atoms with van der Waals surface area (Å²) in [5, 5.41) is 3.42. The van der Waals surface area contributed by atoms with Crippen LogP contribution in [0.25, 0.3) is 11.8 Å². The molecule has 0 atom stereocenters. The maximum atomic E-state index is 12.9. The fourth-order valence-electron chi connectivity index (χ4n) is 3.89. The molecule has 0 saturated carbocycles. The highest BCUT2D eigenvalue weighted by molar-refractivity contribution is 6.31. The molecule has 0 aliphatic carbocycles. The van der Waals surface area contributed by atoms with Crippen molar-refractivity contribution in [2.75, 3.05) is 0 Å². The Balaban J connectivity index is 1.65. The van der Waals surface area contributed by atoms with E-state index in [0.717, 1.165) is 39.3 Å². The number of nitrogens with zero attached hydrogens (tertiary/aromatic N) is 2. The van der Waals surface area contributed by atoms with E-state index in [1.807, 2.05) is 76.2 Å². The maximum Gasteiger partial charge on any atom is 0.329 e. The molecule has 158 valence electrons. The van der Waals surface area contributed by atoms with Crippen molar-refractivity contribution in [2.45, 2.75) is 34.2 Å². The predicted octanol–water partition coefficient (Wildman–Crippen LogP) is 5.46. The standard InChI is InChI=1S/C25H24ClN3O2/c1-15-8-10-19(11-9-15)14-28-24(30)22(27-25(28)31)13-20-12-16(2)29(18(20)4)23-7-5-6-21(26)17(23)3/h5-13H,14H2,1-4H3,(H,27,31)/b22-13+. The van der Waals surface area contributed by atoms with Gasteiger partial charge in [-0.05, 0) is 68.7 Å². The number of hydrogen-bond donors (Lipinski definition) is 1. The van der Waals surface area contributed by atoms with Crippen LogP contribution in [0.4, 0.5) is 4.79 Å². The number of benzene rings is 2. The number of nitrogens with one attached hydrogen (secondary N) is 1. The van der Waals surface area contributed by atoms with E-state index in [0.29, 0.717) is 5.02 Å². The van der Waals surface area contributed by atoms with Gasteiger partial charge in [-0.15, -0.1) is 0 Å². The topological polar surface area (TPSA) is 54.3 Å². The van der Waals surface area contributed by atoms with Gasteiger partial charge in [-0.2, -0.15) is 0 Å². The number of amides is 3. The zero-order chi connectivity index (χ0) is 22.3.